The van der Waals surface area contributed by atoms with E-state index in [4.69, 9.17) is 0 Å². The highest BCUT2D eigenvalue weighted by atomic mass is 16.4. The van der Waals surface area contributed by atoms with Crippen LogP contribution in [0.5, 0.6) is 0 Å². The highest BCUT2D eigenvalue weighted by Crippen LogP contribution is 2.07. The topological polar surface area (TPSA) is 76.6 Å². The number of rotatable bonds is 5. The molecule has 0 spiro atoms. The third kappa shape index (κ3) is 7.00. The van der Waals surface area contributed by atoms with E-state index in [0.29, 0.717) is 6.42 Å². The van der Waals surface area contributed by atoms with Crippen molar-refractivity contribution in [1.82, 2.24) is 20.9 Å². The van der Waals surface area contributed by atoms with Crippen LogP contribution in [-0.2, 0) is 4.79 Å². The normalized spacial score (nSPS) is 21.4. The summed E-state index contributed by atoms with van der Waals surface area (Å²) in [5.74, 6) is -0.736. The van der Waals surface area contributed by atoms with Crippen LogP contribution in [-0.4, -0.2) is 74.4 Å². The van der Waals surface area contributed by atoms with Crippen LogP contribution in [0, 0.1) is 0 Å². The minimum Gasteiger partial charge on any atom is -0.480 e. The van der Waals surface area contributed by atoms with E-state index in [-0.39, 0.29) is 0 Å². The molecule has 1 atom stereocenters. The van der Waals surface area contributed by atoms with Gasteiger partial charge in [-0.05, 0) is 12.8 Å². The Balaban J connectivity index is 2.53. The van der Waals surface area contributed by atoms with Gasteiger partial charge in [0.1, 0.15) is 6.04 Å². The first-order valence-electron chi connectivity index (χ1n) is 7.45. The molecule has 1 aliphatic rings. The summed E-state index contributed by atoms with van der Waals surface area (Å²) in [6.45, 7) is 10.6. The average molecular weight is 284 g/mol. The molecule has 1 aliphatic heterocycles. The molecule has 0 aromatic carbocycles. The summed E-state index contributed by atoms with van der Waals surface area (Å²) in [4.78, 5) is 13.5. The Morgan fingerprint density at radius 2 is 1.60 bits per heavy atom. The highest BCUT2D eigenvalue weighted by molar-refractivity contribution is 5.73. The van der Waals surface area contributed by atoms with Crippen LogP contribution >= 0.6 is 0 Å². The van der Waals surface area contributed by atoms with E-state index in [2.05, 4.69) is 27.4 Å². The van der Waals surface area contributed by atoms with Gasteiger partial charge in [-0.15, -0.1) is 6.58 Å². The second-order valence-corrected chi connectivity index (χ2v) is 5.01. The van der Waals surface area contributed by atoms with Gasteiger partial charge in [0.15, 0.2) is 0 Å². The zero-order valence-corrected chi connectivity index (χ0v) is 12.2. The molecule has 0 amide bonds. The van der Waals surface area contributed by atoms with Gasteiger partial charge in [-0.25, -0.2) is 0 Å². The summed E-state index contributed by atoms with van der Waals surface area (Å²) in [6, 6.07) is -0.419. The summed E-state index contributed by atoms with van der Waals surface area (Å²) in [5, 5.41) is 19.4. The minimum atomic E-state index is -0.736. The summed E-state index contributed by atoms with van der Waals surface area (Å²) >= 11 is 0. The van der Waals surface area contributed by atoms with Gasteiger partial charge < -0.3 is 21.1 Å². The maximum absolute atomic E-state index is 11.5. The van der Waals surface area contributed by atoms with E-state index in [1.165, 1.54) is 0 Å². The largest absolute Gasteiger partial charge is 0.480 e. The van der Waals surface area contributed by atoms with Crippen molar-refractivity contribution in [2.45, 2.75) is 18.9 Å². The standard InChI is InChI=1S/C14H28N4O2/c1-2-3-4-13(14(19)20)18-11-9-16-7-5-15-6-8-17-10-12-18/h2,13,15-17H,1,3-12H2,(H,19,20)/t13-/m0/s1. The number of hydrogen-bond acceptors (Lipinski definition) is 5. The third-order valence-electron chi connectivity index (χ3n) is 3.48. The molecular weight excluding hydrogens is 256 g/mol. The molecule has 116 valence electrons. The van der Waals surface area contributed by atoms with Gasteiger partial charge in [0.05, 0.1) is 0 Å². The molecule has 0 radical (unpaired) electrons. The Kier molecular flexibility index (Phi) is 9.23. The predicted octanol–water partition coefficient (Wildman–Crippen LogP) is -0.510. The number of allylic oxidation sites excluding steroid dienone is 1. The Morgan fingerprint density at radius 3 is 2.05 bits per heavy atom. The minimum absolute atomic E-state index is 0.419. The number of hydrogen-bond donors (Lipinski definition) is 4. The van der Waals surface area contributed by atoms with Gasteiger partial charge in [0.25, 0.3) is 0 Å². The van der Waals surface area contributed by atoms with Crippen molar-refractivity contribution in [1.29, 1.82) is 0 Å². The van der Waals surface area contributed by atoms with E-state index in [0.717, 1.165) is 58.8 Å². The first-order chi connectivity index (χ1) is 9.75. The lowest BCUT2D eigenvalue weighted by molar-refractivity contribution is -0.143. The smallest absolute Gasteiger partial charge is 0.320 e. The Hall–Kier alpha value is -0.950. The number of carbonyl (C=O) groups is 1. The monoisotopic (exact) mass is 284 g/mol. The third-order valence-corrected chi connectivity index (χ3v) is 3.48. The molecule has 4 N–H and O–H groups in total. The highest BCUT2D eigenvalue weighted by Gasteiger charge is 2.24. The number of nitrogens with zero attached hydrogens (tertiary/aromatic N) is 1. The predicted molar refractivity (Wildman–Crippen MR) is 81.0 cm³/mol. The van der Waals surface area contributed by atoms with E-state index in [9.17, 15) is 9.90 Å². The van der Waals surface area contributed by atoms with Crippen LogP contribution in [0.15, 0.2) is 12.7 Å². The van der Waals surface area contributed by atoms with Crippen molar-refractivity contribution in [3.05, 3.63) is 12.7 Å². The van der Waals surface area contributed by atoms with Crippen LogP contribution in [0.1, 0.15) is 12.8 Å². The van der Waals surface area contributed by atoms with Gasteiger partial charge in [-0.3, -0.25) is 9.69 Å². The molecule has 0 unspecified atom stereocenters. The van der Waals surface area contributed by atoms with Crippen molar-refractivity contribution in [3.63, 3.8) is 0 Å². The van der Waals surface area contributed by atoms with Crippen LogP contribution in [0.25, 0.3) is 0 Å². The van der Waals surface area contributed by atoms with Crippen molar-refractivity contribution < 1.29 is 9.90 Å². The van der Waals surface area contributed by atoms with Gasteiger partial charge in [0, 0.05) is 52.4 Å². The van der Waals surface area contributed by atoms with Gasteiger partial charge in [-0.2, -0.15) is 0 Å². The molecule has 6 nitrogen and oxygen atoms in total. The fraction of sp³-hybridized carbons (Fsp3) is 0.786. The average Bonchev–Trinajstić information content (AvgIpc) is 2.41. The molecule has 1 heterocycles. The van der Waals surface area contributed by atoms with E-state index in [1.54, 1.807) is 6.08 Å². The molecule has 1 fully saturated rings. The Bertz CT molecular complexity index is 274. The Morgan fingerprint density at radius 1 is 1.10 bits per heavy atom. The summed E-state index contributed by atoms with van der Waals surface area (Å²) in [5.41, 5.74) is 0. The summed E-state index contributed by atoms with van der Waals surface area (Å²) < 4.78 is 0. The fourth-order valence-corrected chi connectivity index (χ4v) is 2.34. The maximum Gasteiger partial charge on any atom is 0.320 e. The van der Waals surface area contributed by atoms with Crippen molar-refractivity contribution in [3.8, 4) is 0 Å². The van der Waals surface area contributed by atoms with Gasteiger partial charge >= 0.3 is 5.97 Å². The molecular formula is C14H28N4O2. The van der Waals surface area contributed by atoms with Crippen molar-refractivity contribution >= 4 is 5.97 Å². The quantitative estimate of drug-likeness (QED) is 0.510. The van der Waals surface area contributed by atoms with Crippen LogP contribution in [0.2, 0.25) is 0 Å². The number of carboxylic acids is 1. The molecule has 1 saturated heterocycles. The van der Waals surface area contributed by atoms with E-state index < -0.39 is 12.0 Å². The summed E-state index contributed by atoms with van der Waals surface area (Å²) in [7, 11) is 0. The van der Waals surface area contributed by atoms with Gasteiger partial charge in [0.2, 0.25) is 0 Å². The molecule has 20 heavy (non-hydrogen) atoms. The molecule has 0 bridgehead atoms. The molecule has 0 aromatic rings. The SMILES string of the molecule is C=CCC[C@@H](C(=O)O)N1CCNCCNCCNCC1. The van der Waals surface area contributed by atoms with Crippen LogP contribution < -0.4 is 16.0 Å². The second kappa shape index (κ2) is 10.8. The molecule has 1 rings (SSSR count). The van der Waals surface area contributed by atoms with Crippen LogP contribution in [0.3, 0.4) is 0 Å². The van der Waals surface area contributed by atoms with Crippen molar-refractivity contribution in [2.24, 2.45) is 0 Å². The molecule has 0 aromatic heterocycles. The molecule has 0 saturated carbocycles. The Labute approximate surface area is 121 Å². The lowest BCUT2D eigenvalue weighted by atomic mass is 10.1. The summed E-state index contributed by atoms with van der Waals surface area (Å²) in [6.07, 6.45) is 3.15. The first kappa shape index (κ1) is 17.1. The van der Waals surface area contributed by atoms with E-state index in [1.807, 2.05) is 0 Å². The number of aliphatic carboxylic acids is 1. The van der Waals surface area contributed by atoms with Crippen molar-refractivity contribution in [2.75, 3.05) is 52.4 Å². The fourth-order valence-electron chi connectivity index (χ4n) is 2.34. The molecule has 6 heteroatoms. The second-order valence-electron chi connectivity index (χ2n) is 5.01. The van der Waals surface area contributed by atoms with E-state index >= 15 is 0 Å². The first-order valence-corrected chi connectivity index (χ1v) is 7.45. The molecule has 0 aliphatic carbocycles. The van der Waals surface area contributed by atoms with Gasteiger partial charge in [-0.1, -0.05) is 6.08 Å². The number of carboxylic acid groups (broad SMARTS) is 1. The van der Waals surface area contributed by atoms with Crippen LogP contribution in [0.4, 0.5) is 0 Å². The zero-order chi connectivity index (χ0) is 14.6. The lowest BCUT2D eigenvalue weighted by Gasteiger charge is -2.29. The lowest BCUT2D eigenvalue weighted by Crippen LogP contribution is -2.48. The zero-order valence-electron chi connectivity index (χ0n) is 12.2. The maximum atomic E-state index is 11.5. The number of nitrogens with one attached hydrogen (secondary N) is 3.